The van der Waals surface area contributed by atoms with Crippen molar-refractivity contribution in [2.24, 2.45) is 5.92 Å². The molecule has 0 aliphatic carbocycles. The summed E-state index contributed by atoms with van der Waals surface area (Å²) in [4.78, 5) is 73.0. The maximum absolute atomic E-state index is 13.1. The highest BCUT2D eigenvalue weighted by atomic mass is 31.2. The summed E-state index contributed by atoms with van der Waals surface area (Å²) in [5.74, 6) is -1.29. The van der Waals surface area contributed by atoms with Gasteiger partial charge < -0.3 is 33.8 Å². The molecule has 17 nitrogen and oxygen atoms in total. The van der Waals surface area contributed by atoms with E-state index in [1.165, 1.54) is 225 Å². The fourth-order valence-electron chi connectivity index (χ4n) is 12.2. The summed E-state index contributed by atoms with van der Waals surface area (Å²) < 4.78 is 68.7. The number of carbonyl (C=O) groups excluding carboxylic acids is 4. The topological polar surface area (TPSA) is 237 Å². The van der Waals surface area contributed by atoms with Crippen LogP contribution < -0.4 is 0 Å². The first kappa shape index (κ1) is 98.5. The molecule has 0 saturated heterocycles. The van der Waals surface area contributed by atoms with Crippen LogP contribution in [0, 0.1) is 5.92 Å². The smallest absolute Gasteiger partial charge is 0.462 e. The van der Waals surface area contributed by atoms with Gasteiger partial charge in [0.05, 0.1) is 26.4 Å². The molecule has 0 heterocycles. The van der Waals surface area contributed by atoms with Crippen LogP contribution >= 0.6 is 15.6 Å². The summed E-state index contributed by atoms with van der Waals surface area (Å²) in [6.07, 6.45) is 68.7. The molecule has 101 heavy (non-hydrogen) atoms. The maximum atomic E-state index is 13.1. The molecular formula is C82H156O17P2. The first-order chi connectivity index (χ1) is 49.1. The molecule has 0 aliphatic rings. The van der Waals surface area contributed by atoms with Crippen LogP contribution in [-0.4, -0.2) is 96.7 Å². The summed E-state index contributed by atoms with van der Waals surface area (Å²) in [6.45, 7) is 7.31. The van der Waals surface area contributed by atoms with E-state index in [1.54, 1.807) is 0 Å². The number of hydrogen-bond donors (Lipinski definition) is 3. The number of hydrogen-bond acceptors (Lipinski definition) is 15. The van der Waals surface area contributed by atoms with Gasteiger partial charge in [-0.3, -0.25) is 37.3 Å². The third-order valence-electron chi connectivity index (χ3n) is 19.0. The lowest BCUT2D eigenvalue weighted by atomic mass is 9.99. The van der Waals surface area contributed by atoms with Crippen LogP contribution in [0.25, 0.3) is 0 Å². The molecule has 0 radical (unpaired) electrons. The number of aliphatic hydroxyl groups excluding tert-OH is 1. The Hall–Kier alpha value is -2.46. The molecule has 19 heteroatoms. The zero-order chi connectivity index (χ0) is 74.1. The molecule has 0 aromatic carbocycles. The minimum Gasteiger partial charge on any atom is -0.462 e. The van der Waals surface area contributed by atoms with Crippen molar-refractivity contribution >= 4 is 39.5 Å². The zero-order valence-electron chi connectivity index (χ0n) is 65.5. The SMILES string of the molecule is CCCCCC/C=C\C=C/CCCCCCCC(=O)O[C@H](COC(=O)CCCCCCCCCCC)COP(=O)(O)OC[C@H](O)COP(=O)(O)OC[C@@H](COC(=O)CCCCCCCCCCCCCCCCC(C)CC)OC(=O)CCCCCCCCCCCCCCCCCCCCC. The Morgan fingerprint density at radius 2 is 0.554 bits per heavy atom. The van der Waals surface area contributed by atoms with Crippen LogP contribution in [0.1, 0.15) is 413 Å². The quantitative estimate of drug-likeness (QED) is 0.0169. The van der Waals surface area contributed by atoms with Crippen LogP contribution in [-0.2, 0) is 65.4 Å². The van der Waals surface area contributed by atoms with Gasteiger partial charge in [-0.05, 0) is 57.3 Å². The van der Waals surface area contributed by atoms with E-state index >= 15 is 0 Å². The predicted octanol–water partition coefficient (Wildman–Crippen LogP) is 24.4. The summed E-state index contributed by atoms with van der Waals surface area (Å²) in [5, 5.41) is 10.6. The van der Waals surface area contributed by atoms with Crippen molar-refractivity contribution in [1.82, 2.24) is 0 Å². The molecule has 0 bridgehead atoms. The first-order valence-electron chi connectivity index (χ1n) is 42.0. The van der Waals surface area contributed by atoms with Crippen LogP contribution in [0.5, 0.6) is 0 Å². The fourth-order valence-corrected chi connectivity index (χ4v) is 13.8. The summed E-state index contributed by atoms with van der Waals surface area (Å²) >= 11 is 0. The summed E-state index contributed by atoms with van der Waals surface area (Å²) in [5.41, 5.74) is 0. The van der Waals surface area contributed by atoms with E-state index in [0.29, 0.717) is 25.7 Å². The molecule has 3 unspecified atom stereocenters. The highest BCUT2D eigenvalue weighted by Crippen LogP contribution is 2.45. The lowest BCUT2D eigenvalue weighted by molar-refractivity contribution is -0.161. The molecule has 0 aromatic heterocycles. The lowest BCUT2D eigenvalue weighted by Crippen LogP contribution is -2.30. The van der Waals surface area contributed by atoms with E-state index in [2.05, 4.69) is 58.9 Å². The van der Waals surface area contributed by atoms with Crippen LogP contribution in [0.2, 0.25) is 0 Å². The van der Waals surface area contributed by atoms with Gasteiger partial charge in [-0.2, -0.15) is 0 Å². The molecule has 0 amide bonds. The summed E-state index contributed by atoms with van der Waals surface area (Å²) in [6, 6.07) is 0. The van der Waals surface area contributed by atoms with Crippen LogP contribution in [0.3, 0.4) is 0 Å². The third kappa shape index (κ3) is 74.2. The van der Waals surface area contributed by atoms with Gasteiger partial charge in [0.1, 0.15) is 19.3 Å². The molecule has 0 saturated carbocycles. The maximum Gasteiger partial charge on any atom is 0.472 e. The minimum atomic E-state index is -4.97. The van der Waals surface area contributed by atoms with Crippen molar-refractivity contribution in [3.05, 3.63) is 24.3 Å². The van der Waals surface area contributed by atoms with Crippen molar-refractivity contribution in [2.45, 2.75) is 432 Å². The largest absolute Gasteiger partial charge is 0.472 e. The average molecular weight is 1480 g/mol. The van der Waals surface area contributed by atoms with Gasteiger partial charge in [-0.15, -0.1) is 0 Å². The molecule has 6 atom stereocenters. The number of aliphatic hydroxyl groups is 1. The van der Waals surface area contributed by atoms with E-state index in [0.717, 1.165) is 109 Å². The Bertz CT molecular complexity index is 2020. The predicted molar refractivity (Wildman–Crippen MR) is 414 cm³/mol. The molecule has 0 fully saturated rings. The monoisotopic (exact) mass is 1480 g/mol. The van der Waals surface area contributed by atoms with E-state index in [-0.39, 0.29) is 25.7 Å². The molecule has 0 aliphatic heterocycles. The van der Waals surface area contributed by atoms with Crippen molar-refractivity contribution in [2.75, 3.05) is 39.6 Å². The number of carbonyl (C=O) groups is 4. The number of ether oxygens (including phenoxy) is 4. The normalized spacial score (nSPS) is 14.3. The molecular weight excluding hydrogens is 1320 g/mol. The number of phosphoric ester groups is 2. The number of allylic oxidation sites excluding steroid dienone is 4. The van der Waals surface area contributed by atoms with E-state index in [9.17, 15) is 43.2 Å². The second-order valence-electron chi connectivity index (χ2n) is 29.1. The first-order valence-corrected chi connectivity index (χ1v) is 45.0. The number of esters is 4. The Balaban J connectivity index is 5.25. The van der Waals surface area contributed by atoms with E-state index < -0.39 is 97.5 Å². The highest BCUT2D eigenvalue weighted by Gasteiger charge is 2.30. The standard InChI is InChI=1S/C82H156O17P2/c1-6-10-13-16-19-22-24-26-28-29-30-31-33-39-43-48-53-58-63-68-82(87)99-78(72-93-80(85)66-61-56-51-46-41-37-35-34-36-40-45-49-54-59-64-75(5)9-4)74-97-101(90,91)95-70-76(83)69-94-100(88,89)96-73-77(71-92-79(84)65-60-55-50-44-21-18-15-12-8-3)98-81(86)67-62-57-52-47-42-38-32-27-25-23-20-17-14-11-7-2/h23,25,27,32,75-78,83H,6-22,24,26,28-31,33-74H2,1-5H3,(H,88,89)(H,90,91)/b25-23-,32-27-/t75?,76-,77+,78+/m0/s1. The molecule has 3 N–H and O–H groups in total. The van der Waals surface area contributed by atoms with Crippen molar-refractivity contribution in [3.8, 4) is 0 Å². The summed E-state index contributed by atoms with van der Waals surface area (Å²) in [7, 11) is -9.93. The number of rotatable bonds is 80. The molecule has 0 rings (SSSR count). The van der Waals surface area contributed by atoms with Gasteiger partial charge in [-0.1, -0.05) is 361 Å². The fraction of sp³-hybridized carbons (Fsp3) is 0.902. The lowest BCUT2D eigenvalue weighted by Gasteiger charge is -2.21. The zero-order valence-corrected chi connectivity index (χ0v) is 67.3. The second kappa shape index (κ2) is 74.4. The third-order valence-corrected chi connectivity index (χ3v) is 20.9. The van der Waals surface area contributed by atoms with Gasteiger partial charge in [0.15, 0.2) is 12.2 Å². The highest BCUT2D eigenvalue weighted by molar-refractivity contribution is 7.47. The van der Waals surface area contributed by atoms with Gasteiger partial charge in [0.25, 0.3) is 0 Å². The van der Waals surface area contributed by atoms with Gasteiger partial charge in [-0.25, -0.2) is 9.13 Å². The Labute approximate surface area is 618 Å². The van der Waals surface area contributed by atoms with Crippen LogP contribution in [0.15, 0.2) is 24.3 Å². The Kier molecular flexibility index (Phi) is 72.6. The Morgan fingerprint density at radius 1 is 0.317 bits per heavy atom. The van der Waals surface area contributed by atoms with Gasteiger partial charge in [0.2, 0.25) is 0 Å². The Morgan fingerprint density at radius 3 is 0.842 bits per heavy atom. The van der Waals surface area contributed by atoms with E-state index in [4.69, 9.17) is 37.0 Å². The van der Waals surface area contributed by atoms with Gasteiger partial charge >= 0.3 is 39.5 Å². The average Bonchev–Trinajstić information content (AvgIpc) is 0.963. The molecule has 0 aromatic rings. The van der Waals surface area contributed by atoms with Crippen molar-refractivity contribution in [3.63, 3.8) is 0 Å². The van der Waals surface area contributed by atoms with Crippen molar-refractivity contribution < 1.29 is 80.2 Å². The number of phosphoric acid groups is 2. The number of unbranched alkanes of at least 4 members (excludes halogenated alkanes) is 48. The van der Waals surface area contributed by atoms with Gasteiger partial charge in [0, 0.05) is 25.7 Å². The molecule has 0 spiro atoms. The van der Waals surface area contributed by atoms with Crippen LogP contribution in [0.4, 0.5) is 0 Å². The van der Waals surface area contributed by atoms with E-state index in [1.807, 2.05) is 0 Å². The van der Waals surface area contributed by atoms with Crippen molar-refractivity contribution in [1.29, 1.82) is 0 Å². The minimum absolute atomic E-state index is 0.0854. The second-order valence-corrected chi connectivity index (χ2v) is 32.0. The molecule has 596 valence electrons.